The maximum atomic E-state index is 13.3. The molecule has 0 aliphatic carbocycles. The molecule has 0 bridgehead atoms. The van der Waals surface area contributed by atoms with Crippen LogP contribution in [0.3, 0.4) is 0 Å². The van der Waals surface area contributed by atoms with Crippen molar-refractivity contribution < 1.29 is 89.4 Å². The molecule has 0 saturated carbocycles. The number of carbonyl (C=O) groups is 1. The Morgan fingerprint density at radius 2 is 0.863 bits per heavy atom. The second kappa shape index (κ2) is 44.0. The molecule has 1 amide bonds. The van der Waals surface area contributed by atoms with E-state index < -0.39 is 124 Å². The van der Waals surface area contributed by atoms with Gasteiger partial charge in [0, 0.05) is 6.42 Å². The van der Waals surface area contributed by atoms with Crippen molar-refractivity contribution in [3.8, 4) is 0 Å². The van der Waals surface area contributed by atoms with E-state index in [-0.39, 0.29) is 18.9 Å². The highest BCUT2D eigenvalue weighted by Gasteiger charge is 2.53. The van der Waals surface area contributed by atoms with Crippen molar-refractivity contribution >= 4 is 5.91 Å². The number of ether oxygens (including phenoxy) is 6. The number of aliphatic hydroxyl groups excluding tert-OH is 11. The second-order valence-corrected chi connectivity index (χ2v) is 21.8. The minimum absolute atomic E-state index is 0.253. The van der Waals surface area contributed by atoms with Crippen molar-refractivity contribution in [2.24, 2.45) is 0 Å². The number of hydrogen-bond donors (Lipinski definition) is 12. The lowest BCUT2D eigenvalue weighted by Crippen LogP contribution is -2.66. The summed E-state index contributed by atoms with van der Waals surface area (Å²) in [6, 6.07) is -0.886. The molecule has 3 aliphatic rings. The maximum absolute atomic E-state index is 13.3. The standard InChI is InChI=1S/C61H107NO18/c1-3-5-7-9-11-12-13-14-15-16-17-18-19-20-21-22-23-24-25-26-27-28-29-30-31-32-33-35-37-39-49(67)62-44(45(66)38-36-34-10-8-6-4-2)43-75-59-55(73)52(70)57(47(41-64)77-59)80-61-56(74)53(71)58(48(42-65)78-61)79-60-54(72)51(69)50(68)46(40-63)76-60/h5,7,11-12,14-15,17-18,20-21,44-48,50-61,63-66,68-74H,3-4,6,8-10,13,16,19,22-43H2,1-2H3,(H,62,67)/b7-5-,12-11-,15-14-,18-17-,21-20-. The highest BCUT2D eigenvalue weighted by Crippen LogP contribution is 2.33. The van der Waals surface area contributed by atoms with Gasteiger partial charge in [0.25, 0.3) is 0 Å². The molecule has 3 fully saturated rings. The predicted octanol–water partition coefficient (Wildman–Crippen LogP) is 5.65. The molecule has 12 N–H and O–H groups in total. The zero-order valence-corrected chi connectivity index (χ0v) is 48.3. The Hall–Kier alpha value is -2.51. The lowest BCUT2D eigenvalue weighted by molar-refractivity contribution is -0.379. The SMILES string of the molecule is CC/C=C\C/C=C\C/C=C\C/C=C\C/C=C\CCCCCCCCCCCCCCCC(=O)NC(COC1OC(CO)C(OC2OC(CO)C(OC3OC(CO)C(O)C(O)C3O)C(O)C2O)C(O)C1O)C(O)CCCCCCCC. The van der Waals surface area contributed by atoms with E-state index in [1.807, 2.05) is 0 Å². The van der Waals surface area contributed by atoms with E-state index in [9.17, 15) is 61.0 Å². The van der Waals surface area contributed by atoms with E-state index in [0.29, 0.717) is 12.8 Å². The van der Waals surface area contributed by atoms with Crippen LogP contribution in [-0.4, -0.2) is 193 Å². The Bertz CT molecular complexity index is 1700. The van der Waals surface area contributed by atoms with Crippen LogP contribution in [0.1, 0.15) is 187 Å². The minimum Gasteiger partial charge on any atom is -0.394 e. The summed E-state index contributed by atoms with van der Waals surface area (Å²) in [5.41, 5.74) is 0. The second-order valence-electron chi connectivity index (χ2n) is 21.8. The molecular weight excluding hydrogens is 1030 g/mol. The highest BCUT2D eigenvalue weighted by molar-refractivity contribution is 5.76. The third kappa shape index (κ3) is 27.5. The minimum atomic E-state index is -1.97. The molecule has 19 heteroatoms. The molecule has 0 spiro atoms. The molecule has 80 heavy (non-hydrogen) atoms. The van der Waals surface area contributed by atoms with Gasteiger partial charge in [-0.3, -0.25) is 4.79 Å². The van der Waals surface area contributed by atoms with Gasteiger partial charge in [-0.25, -0.2) is 0 Å². The molecule has 464 valence electrons. The van der Waals surface area contributed by atoms with Crippen LogP contribution in [0.4, 0.5) is 0 Å². The summed E-state index contributed by atoms with van der Waals surface area (Å²) in [5, 5.41) is 120. The lowest BCUT2D eigenvalue weighted by atomic mass is 9.96. The van der Waals surface area contributed by atoms with Crippen LogP contribution in [-0.2, 0) is 33.2 Å². The summed E-state index contributed by atoms with van der Waals surface area (Å²) in [6.45, 7) is 1.58. The number of nitrogens with one attached hydrogen (secondary N) is 1. The van der Waals surface area contributed by atoms with Crippen LogP contribution in [0, 0.1) is 0 Å². The summed E-state index contributed by atoms with van der Waals surface area (Å²) in [7, 11) is 0. The number of unbranched alkanes of at least 4 members (excludes halogenated alkanes) is 18. The van der Waals surface area contributed by atoms with Crippen LogP contribution < -0.4 is 5.32 Å². The maximum Gasteiger partial charge on any atom is 0.220 e. The van der Waals surface area contributed by atoms with Crippen LogP contribution in [0.25, 0.3) is 0 Å². The smallest absolute Gasteiger partial charge is 0.220 e. The first kappa shape index (κ1) is 71.8. The summed E-state index contributed by atoms with van der Waals surface area (Å²) < 4.78 is 34.2. The van der Waals surface area contributed by atoms with Gasteiger partial charge >= 0.3 is 0 Å². The van der Waals surface area contributed by atoms with E-state index in [1.165, 1.54) is 57.8 Å². The van der Waals surface area contributed by atoms with Crippen LogP contribution >= 0.6 is 0 Å². The molecular formula is C61H107NO18. The molecule has 3 heterocycles. The molecule has 0 aromatic carbocycles. The van der Waals surface area contributed by atoms with Gasteiger partial charge in [0.15, 0.2) is 18.9 Å². The van der Waals surface area contributed by atoms with Gasteiger partial charge in [0.05, 0.1) is 38.6 Å². The van der Waals surface area contributed by atoms with Gasteiger partial charge in [-0.1, -0.05) is 184 Å². The summed E-state index contributed by atoms with van der Waals surface area (Å²) in [4.78, 5) is 13.3. The van der Waals surface area contributed by atoms with Crippen molar-refractivity contribution in [1.29, 1.82) is 0 Å². The first-order valence-corrected chi connectivity index (χ1v) is 30.5. The molecule has 3 rings (SSSR count). The average Bonchev–Trinajstić information content (AvgIpc) is 3.45. The molecule has 3 saturated heterocycles. The van der Waals surface area contributed by atoms with E-state index >= 15 is 0 Å². The highest BCUT2D eigenvalue weighted by atomic mass is 16.8. The summed E-state index contributed by atoms with van der Waals surface area (Å²) >= 11 is 0. The monoisotopic (exact) mass is 1140 g/mol. The lowest BCUT2D eigenvalue weighted by Gasteiger charge is -2.48. The number of rotatable bonds is 44. The fraction of sp³-hybridized carbons (Fsp3) is 0.820. The number of hydrogen-bond acceptors (Lipinski definition) is 18. The van der Waals surface area contributed by atoms with E-state index in [2.05, 4.69) is 79.9 Å². The summed E-state index contributed by atoms with van der Waals surface area (Å²) in [6.07, 6.45) is 23.7. The van der Waals surface area contributed by atoms with Gasteiger partial charge in [-0.15, -0.1) is 0 Å². The molecule has 0 radical (unpaired) electrons. The molecule has 19 nitrogen and oxygen atoms in total. The fourth-order valence-corrected chi connectivity index (χ4v) is 10.1. The van der Waals surface area contributed by atoms with Crippen molar-refractivity contribution in [1.82, 2.24) is 5.32 Å². The van der Waals surface area contributed by atoms with Gasteiger partial charge in [0.1, 0.15) is 73.2 Å². The third-order valence-corrected chi connectivity index (χ3v) is 15.1. The van der Waals surface area contributed by atoms with E-state index in [4.69, 9.17) is 28.4 Å². The topological polar surface area (TPSA) is 307 Å². The molecule has 3 aliphatic heterocycles. The number of amides is 1. The Morgan fingerprint density at radius 1 is 0.463 bits per heavy atom. The Balaban J connectivity index is 1.35. The number of carbonyl (C=O) groups excluding carboxylic acids is 1. The Morgan fingerprint density at radius 3 is 1.35 bits per heavy atom. The van der Waals surface area contributed by atoms with Gasteiger partial charge in [0.2, 0.25) is 5.91 Å². The zero-order valence-electron chi connectivity index (χ0n) is 48.3. The molecule has 0 aromatic heterocycles. The summed E-state index contributed by atoms with van der Waals surface area (Å²) in [5.74, 6) is -0.253. The van der Waals surface area contributed by atoms with E-state index in [0.717, 1.165) is 96.3 Å². The van der Waals surface area contributed by atoms with E-state index in [1.54, 1.807) is 0 Å². The van der Waals surface area contributed by atoms with Gasteiger partial charge < -0.3 is 89.9 Å². The first-order chi connectivity index (χ1) is 38.8. The van der Waals surface area contributed by atoms with Crippen molar-refractivity contribution in [3.05, 3.63) is 60.8 Å². The Labute approximate surface area is 477 Å². The molecule has 17 atom stereocenters. The van der Waals surface area contributed by atoms with Crippen molar-refractivity contribution in [2.75, 3.05) is 26.4 Å². The van der Waals surface area contributed by atoms with Gasteiger partial charge in [-0.2, -0.15) is 0 Å². The largest absolute Gasteiger partial charge is 0.394 e. The van der Waals surface area contributed by atoms with Gasteiger partial charge in [-0.05, 0) is 57.8 Å². The van der Waals surface area contributed by atoms with Crippen LogP contribution in [0.15, 0.2) is 60.8 Å². The predicted molar refractivity (Wildman–Crippen MR) is 305 cm³/mol. The number of aliphatic hydroxyl groups is 11. The Kier molecular flexibility index (Phi) is 39.5. The first-order valence-electron chi connectivity index (χ1n) is 30.5. The van der Waals surface area contributed by atoms with Crippen LogP contribution in [0.5, 0.6) is 0 Å². The van der Waals surface area contributed by atoms with Crippen molar-refractivity contribution in [3.63, 3.8) is 0 Å². The molecule has 17 unspecified atom stereocenters. The fourth-order valence-electron chi connectivity index (χ4n) is 10.1. The number of allylic oxidation sites excluding steroid dienone is 10. The zero-order chi connectivity index (χ0) is 58.3. The molecule has 0 aromatic rings. The quantitative estimate of drug-likeness (QED) is 0.0259. The third-order valence-electron chi connectivity index (χ3n) is 15.1. The average molecular weight is 1140 g/mol. The normalized spacial score (nSPS) is 30.4. The van der Waals surface area contributed by atoms with Crippen LogP contribution in [0.2, 0.25) is 0 Å². The van der Waals surface area contributed by atoms with Crippen molar-refractivity contribution in [2.45, 2.75) is 291 Å².